The molecule has 0 aromatic heterocycles. The van der Waals surface area contributed by atoms with Crippen LogP contribution >= 0.6 is 0 Å². The van der Waals surface area contributed by atoms with Crippen molar-refractivity contribution in [3.63, 3.8) is 0 Å². The summed E-state index contributed by atoms with van der Waals surface area (Å²) >= 11 is 0. The summed E-state index contributed by atoms with van der Waals surface area (Å²) in [5, 5.41) is 12.3. The Balaban J connectivity index is 1.45. The summed E-state index contributed by atoms with van der Waals surface area (Å²) in [7, 11) is 1.73. The highest BCUT2D eigenvalue weighted by atomic mass is 16.5. The zero-order chi connectivity index (χ0) is 25.3. The van der Waals surface area contributed by atoms with E-state index in [9.17, 15) is 19.5 Å². The van der Waals surface area contributed by atoms with Crippen LogP contribution in [-0.4, -0.2) is 78.2 Å². The van der Waals surface area contributed by atoms with Crippen molar-refractivity contribution in [2.24, 2.45) is 5.41 Å². The summed E-state index contributed by atoms with van der Waals surface area (Å²) in [5.74, 6) is -1.35. The minimum Gasteiger partial charge on any atom is -0.480 e. The molecule has 2 amide bonds. The second kappa shape index (κ2) is 9.70. The first-order valence-electron chi connectivity index (χ1n) is 11.9. The van der Waals surface area contributed by atoms with Gasteiger partial charge in [0, 0.05) is 25.6 Å². The number of carboxylic acid groups (broad SMARTS) is 1. The van der Waals surface area contributed by atoms with Crippen molar-refractivity contribution in [2.45, 2.75) is 38.8 Å². The average molecular weight is 480 g/mol. The third kappa shape index (κ3) is 5.03. The molecule has 8 heteroatoms. The van der Waals surface area contributed by atoms with E-state index in [1.54, 1.807) is 11.9 Å². The second-order valence-corrected chi connectivity index (χ2v) is 10.4. The number of amides is 2. The normalized spacial score (nSPS) is 19.0. The van der Waals surface area contributed by atoms with E-state index in [4.69, 9.17) is 4.74 Å². The summed E-state index contributed by atoms with van der Waals surface area (Å²) in [6.45, 7) is 6.67. The Morgan fingerprint density at radius 2 is 1.60 bits per heavy atom. The predicted molar refractivity (Wildman–Crippen MR) is 132 cm³/mol. The molecule has 2 N–H and O–H groups in total. The topological polar surface area (TPSA) is 99.2 Å². The molecule has 1 saturated heterocycles. The zero-order valence-corrected chi connectivity index (χ0v) is 20.7. The number of hydrogen-bond acceptors (Lipinski definition) is 5. The lowest BCUT2D eigenvalue weighted by Crippen LogP contribution is -2.61. The highest BCUT2D eigenvalue weighted by molar-refractivity contribution is 5.87. The van der Waals surface area contributed by atoms with Crippen LogP contribution in [0.4, 0.5) is 4.79 Å². The molecule has 2 aromatic carbocycles. The van der Waals surface area contributed by atoms with Crippen LogP contribution < -0.4 is 5.32 Å². The number of carbonyl (C=O) groups excluding carboxylic acids is 2. The van der Waals surface area contributed by atoms with Gasteiger partial charge in [0.2, 0.25) is 5.91 Å². The van der Waals surface area contributed by atoms with Gasteiger partial charge in [0.15, 0.2) is 0 Å². The number of nitrogens with zero attached hydrogens (tertiary/aromatic N) is 2. The lowest BCUT2D eigenvalue weighted by molar-refractivity contribution is -0.149. The highest BCUT2D eigenvalue weighted by Crippen LogP contribution is 2.44. The van der Waals surface area contributed by atoms with Gasteiger partial charge in [-0.3, -0.25) is 14.5 Å². The number of alkyl carbamates (subject to hydrolysis) is 1. The van der Waals surface area contributed by atoms with Crippen LogP contribution in [0, 0.1) is 5.41 Å². The Bertz CT molecular complexity index is 1080. The average Bonchev–Trinajstić information content (AvgIpc) is 3.14. The van der Waals surface area contributed by atoms with Gasteiger partial charge < -0.3 is 20.1 Å². The fraction of sp³-hybridized carbons (Fsp3) is 0.444. The number of likely N-dealkylation sites (N-methyl/N-ethyl adjacent to an activating group) is 1. The van der Waals surface area contributed by atoms with E-state index in [1.165, 1.54) is 4.90 Å². The quantitative estimate of drug-likeness (QED) is 0.684. The van der Waals surface area contributed by atoms with E-state index in [1.807, 2.05) is 45.0 Å². The molecular formula is C27H33N3O5. The van der Waals surface area contributed by atoms with Gasteiger partial charge in [0.25, 0.3) is 0 Å². The number of carboxylic acids is 1. The number of benzene rings is 2. The minimum absolute atomic E-state index is 0.0730. The van der Waals surface area contributed by atoms with Crippen molar-refractivity contribution in [3.8, 4) is 11.1 Å². The molecule has 35 heavy (non-hydrogen) atoms. The van der Waals surface area contributed by atoms with Crippen molar-refractivity contribution in [3.05, 3.63) is 59.7 Å². The molecule has 4 rings (SSSR count). The molecule has 2 atom stereocenters. The van der Waals surface area contributed by atoms with Crippen LogP contribution in [0.2, 0.25) is 0 Å². The summed E-state index contributed by atoms with van der Waals surface area (Å²) in [4.78, 5) is 41.1. The molecule has 2 aliphatic rings. The molecule has 0 radical (unpaired) electrons. The van der Waals surface area contributed by atoms with E-state index >= 15 is 0 Å². The molecular weight excluding hydrogens is 446 g/mol. The lowest BCUT2D eigenvalue weighted by atomic mass is 9.85. The fourth-order valence-corrected chi connectivity index (χ4v) is 4.93. The summed E-state index contributed by atoms with van der Waals surface area (Å²) in [6.07, 6.45) is -0.663. The van der Waals surface area contributed by atoms with Crippen LogP contribution in [0.5, 0.6) is 0 Å². The van der Waals surface area contributed by atoms with E-state index in [0.717, 1.165) is 22.3 Å². The molecule has 1 unspecified atom stereocenters. The maximum atomic E-state index is 13.4. The first-order chi connectivity index (χ1) is 16.6. The van der Waals surface area contributed by atoms with Gasteiger partial charge in [-0.2, -0.15) is 0 Å². The monoisotopic (exact) mass is 479 g/mol. The largest absolute Gasteiger partial charge is 0.480 e. The third-order valence-electron chi connectivity index (χ3n) is 6.96. The van der Waals surface area contributed by atoms with Gasteiger partial charge in [-0.15, -0.1) is 0 Å². The number of ether oxygens (including phenoxy) is 1. The smallest absolute Gasteiger partial charge is 0.407 e. The standard InChI is InChI=1S/C27H33N3O5/c1-27(2,3)23(24(31)30-14-13-29(4)22(15-30)25(32)33)28-26(34)35-16-21-19-11-7-5-9-17(19)18-10-6-8-12-20(18)21/h5-12,21-23H,13-16H2,1-4H3,(H,28,34)(H,32,33)/t22?,23-/m0/s1. The van der Waals surface area contributed by atoms with Crippen molar-refractivity contribution in [1.29, 1.82) is 0 Å². The molecule has 0 spiro atoms. The highest BCUT2D eigenvalue weighted by Gasteiger charge is 2.40. The maximum Gasteiger partial charge on any atom is 0.407 e. The fourth-order valence-electron chi connectivity index (χ4n) is 4.93. The van der Waals surface area contributed by atoms with Crippen LogP contribution in [0.15, 0.2) is 48.5 Å². The van der Waals surface area contributed by atoms with Crippen LogP contribution in [0.1, 0.15) is 37.8 Å². The number of aliphatic carboxylic acids is 1. The van der Waals surface area contributed by atoms with E-state index < -0.39 is 29.6 Å². The van der Waals surface area contributed by atoms with Gasteiger partial charge in [-0.25, -0.2) is 4.79 Å². The van der Waals surface area contributed by atoms with Crippen molar-refractivity contribution in [2.75, 3.05) is 33.3 Å². The van der Waals surface area contributed by atoms with Gasteiger partial charge in [0.05, 0.1) is 0 Å². The zero-order valence-electron chi connectivity index (χ0n) is 20.7. The Kier molecular flexibility index (Phi) is 6.85. The van der Waals surface area contributed by atoms with Crippen LogP contribution in [0.3, 0.4) is 0 Å². The summed E-state index contributed by atoms with van der Waals surface area (Å²) in [5.41, 5.74) is 3.92. The van der Waals surface area contributed by atoms with E-state index in [-0.39, 0.29) is 25.0 Å². The minimum atomic E-state index is -0.971. The van der Waals surface area contributed by atoms with E-state index in [0.29, 0.717) is 13.1 Å². The van der Waals surface area contributed by atoms with Crippen molar-refractivity contribution < 1.29 is 24.2 Å². The number of nitrogens with one attached hydrogen (secondary N) is 1. The number of piperazine rings is 1. The molecule has 0 bridgehead atoms. The van der Waals surface area contributed by atoms with Crippen LogP contribution in [-0.2, 0) is 14.3 Å². The molecule has 1 fully saturated rings. The Morgan fingerprint density at radius 3 is 2.14 bits per heavy atom. The van der Waals surface area contributed by atoms with Gasteiger partial charge >= 0.3 is 12.1 Å². The lowest BCUT2D eigenvalue weighted by Gasteiger charge is -2.41. The molecule has 186 valence electrons. The van der Waals surface area contributed by atoms with Crippen LogP contribution in [0.25, 0.3) is 11.1 Å². The number of rotatable bonds is 5. The second-order valence-electron chi connectivity index (χ2n) is 10.4. The molecule has 2 aromatic rings. The molecule has 1 heterocycles. The number of hydrogen-bond donors (Lipinski definition) is 2. The van der Waals surface area contributed by atoms with Crippen molar-refractivity contribution >= 4 is 18.0 Å². The molecule has 1 aliphatic heterocycles. The SMILES string of the molecule is CN1CCN(C(=O)[C@H](NC(=O)OCC2c3ccccc3-c3ccccc32)C(C)(C)C)CC1C(=O)O. The third-order valence-corrected chi connectivity index (χ3v) is 6.96. The van der Waals surface area contributed by atoms with Gasteiger partial charge in [0.1, 0.15) is 18.7 Å². The maximum absolute atomic E-state index is 13.4. The van der Waals surface area contributed by atoms with Gasteiger partial charge in [-0.1, -0.05) is 69.3 Å². The molecule has 0 saturated carbocycles. The summed E-state index contributed by atoms with van der Waals surface area (Å²) < 4.78 is 5.66. The molecule has 8 nitrogen and oxygen atoms in total. The first-order valence-corrected chi connectivity index (χ1v) is 11.9. The predicted octanol–water partition coefficient (Wildman–Crippen LogP) is 3.17. The number of fused-ring (bicyclic) bond motifs is 3. The number of carbonyl (C=O) groups is 3. The van der Waals surface area contributed by atoms with Crippen molar-refractivity contribution in [1.82, 2.24) is 15.1 Å². The van der Waals surface area contributed by atoms with Gasteiger partial charge in [-0.05, 0) is 34.7 Å². The van der Waals surface area contributed by atoms with E-state index in [2.05, 4.69) is 29.6 Å². The Labute approximate surface area is 205 Å². The Morgan fingerprint density at radius 1 is 1.03 bits per heavy atom. The molecule has 1 aliphatic carbocycles. The Hall–Kier alpha value is -3.39. The first kappa shape index (κ1) is 24.7. The summed E-state index contributed by atoms with van der Waals surface area (Å²) in [6, 6.07) is 14.6.